The van der Waals surface area contributed by atoms with Crippen molar-refractivity contribution < 1.29 is 43.5 Å². The molecule has 142 valence electrons. The number of nitrogens with zero attached hydrogens (tertiary/aromatic N) is 1. The Morgan fingerprint density at radius 1 is 0.923 bits per heavy atom. The Morgan fingerprint density at radius 2 is 1.42 bits per heavy atom. The molecular weight excluding hydrogens is 400 g/mol. The van der Waals surface area contributed by atoms with Gasteiger partial charge < -0.3 is 0 Å². The minimum atomic E-state index is -5.39. The molecule has 26 heavy (non-hydrogen) atoms. The lowest BCUT2D eigenvalue weighted by Crippen LogP contribution is -2.28. The van der Waals surface area contributed by atoms with Crippen molar-refractivity contribution in [2.75, 3.05) is 0 Å². The monoisotopic (exact) mass is 406 g/mol. The molecule has 0 aliphatic rings. The summed E-state index contributed by atoms with van der Waals surface area (Å²) in [6, 6.07) is 0.516. The fourth-order valence-electron chi connectivity index (χ4n) is 1.91. The highest BCUT2D eigenvalue weighted by molar-refractivity contribution is 7.89. The Labute approximate surface area is 140 Å². The predicted octanol–water partition coefficient (Wildman–Crippen LogP) is 3.27. The molecule has 13 heteroatoms. The first-order chi connectivity index (χ1) is 11.9. The van der Waals surface area contributed by atoms with Gasteiger partial charge in [-0.2, -0.15) is 13.2 Å². The van der Waals surface area contributed by atoms with Crippen molar-refractivity contribution in [1.82, 2.24) is 9.71 Å². The molecule has 0 fully saturated rings. The smallest absolute Gasteiger partial charge is 0.264 e. The number of sulfonamides is 1. The lowest BCUT2D eigenvalue weighted by molar-refractivity contribution is -0.138. The summed E-state index contributed by atoms with van der Waals surface area (Å²) >= 11 is 0. The van der Waals surface area contributed by atoms with Crippen LogP contribution in [0.2, 0.25) is 0 Å². The van der Waals surface area contributed by atoms with Crippen molar-refractivity contribution in [3.05, 3.63) is 58.7 Å². The SMILES string of the molecule is O=S(=O)(NCc1cnccc1C(F)(F)F)c1c(F)c(F)c(F)c(F)c1F. The molecule has 0 aliphatic heterocycles. The Bertz CT molecular complexity index is 930. The maximum Gasteiger partial charge on any atom is 0.416 e. The lowest BCUT2D eigenvalue weighted by atomic mass is 10.1. The number of halogens is 8. The Hall–Kier alpha value is -2.28. The van der Waals surface area contributed by atoms with Crippen LogP contribution in [0.3, 0.4) is 0 Å². The van der Waals surface area contributed by atoms with E-state index in [9.17, 15) is 43.5 Å². The molecule has 0 saturated heterocycles. The van der Waals surface area contributed by atoms with Crippen molar-refractivity contribution in [2.45, 2.75) is 17.6 Å². The third-order valence-corrected chi connectivity index (χ3v) is 4.52. The topological polar surface area (TPSA) is 59.1 Å². The average molecular weight is 406 g/mol. The summed E-state index contributed by atoms with van der Waals surface area (Å²) in [5.41, 5.74) is -2.03. The molecule has 0 radical (unpaired) electrons. The third kappa shape index (κ3) is 3.62. The minimum absolute atomic E-state index is 0.516. The number of alkyl halides is 3. The van der Waals surface area contributed by atoms with Gasteiger partial charge in [-0.1, -0.05) is 0 Å². The summed E-state index contributed by atoms with van der Waals surface area (Å²) in [4.78, 5) is 1.15. The van der Waals surface area contributed by atoms with Gasteiger partial charge in [0, 0.05) is 18.9 Å². The van der Waals surface area contributed by atoms with Gasteiger partial charge in [-0.05, 0) is 11.6 Å². The van der Waals surface area contributed by atoms with Gasteiger partial charge in [0.2, 0.25) is 15.8 Å². The molecule has 2 rings (SSSR count). The highest BCUT2D eigenvalue weighted by Gasteiger charge is 2.35. The van der Waals surface area contributed by atoms with E-state index in [1.165, 1.54) is 4.72 Å². The molecular formula is C13H6F8N2O2S. The van der Waals surface area contributed by atoms with Crippen molar-refractivity contribution >= 4 is 10.0 Å². The summed E-state index contributed by atoms with van der Waals surface area (Å²) < 4.78 is 130. The summed E-state index contributed by atoms with van der Waals surface area (Å²) in [5, 5.41) is 0. The van der Waals surface area contributed by atoms with Gasteiger partial charge in [0.15, 0.2) is 28.2 Å². The van der Waals surface area contributed by atoms with E-state index in [-0.39, 0.29) is 0 Å². The number of aromatic nitrogens is 1. The van der Waals surface area contributed by atoms with Crippen LogP contribution in [-0.4, -0.2) is 13.4 Å². The summed E-state index contributed by atoms with van der Waals surface area (Å²) in [6.45, 7) is -1.16. The first kappa shape index (κ1) is 20.0. The zero-order valence-electron chi connectivity index (χ0n) is 12.1. The van der Waals surface area contributed by atoms with Crippen molar-refractivity contribution in [2.24, 2.45) is 0 Å². The zero-order valence-corrected chi connectivity index (χ0v) is 13.0. The van der Waals surface area contributed by atoms with E-state index >= 15 is 0 Å². The molecule has 0 saturated carbocycles. The van der Waals surface area contributed by atoms with E-state index in [1.54, 1.807) is 0 Å². The minimum Gasteiger partial charge on any atom is -0.264 e. The highest BCUT2D eigenvalue weighted by atomic mass is 32.2. The first-order valence-corrected chi connectivity index (χ1v) is 7.87. The molecule has 1 aromatic heterocycles. The van der Waals surface area contributed by atoms with Gasteiger partial charge >= 0.3 is 6.18 Å². The molecule has 0 spiro atoms. The summed E-state index contributed by atoms with van der Waals surface area (Å²) in [7, 11) is -5.39. The maximum absolute atomic E-state index is 13.6. The second-order valence-corrected chi connectivity index (χ2v) is 6.46. The number of hydrogen-bond acceptors (Lipinski definition) is 3. The van der Waals surface area contributed by atoms with Crippen LogP contribution in [0.5, 0.6) is 0 Å². The van der Waals surface area contributed by atoms with Gasteiger partial charge in [-0.15, -0.1) is 0 Å². The van der Waals surface area contributed by atoms with Crippen molar-refractivity contribution in [3.8, 4) is 0 Å². The molecule has 2 aromatic rings. The van der Waals surface area contributed by atoms with Gasteiger partial charge in [-0.25, -0.2) is 35.1 Å². The number of benzene rings is 1. The van der Waals surface area contributed by atoms with Crippen LogP contribution >= 0.6 is 0 Å². The van der Waals surface area contributed by atoms with Crippen molar-refractivity contribution in [3.63, 3.8) is 0 Å². The molecule has 0 aliphatic carbocycles. The Balaban J connectivity index is 2.44. The van der Waals surface area contributed by atoms with Crippen LogP contribution in [0.4, 0.5) is 35.1 Å². The molecule has 0 amide bonds. The second-order valence-electron chi connectivity index (χ2n) is 4.75. The maximum atomic E-state index is 13.6. The van der Waals surface area contributed by atoms with Gasteiger partial charge in [-0.3, -0.25) is 4.98 Å². The molecule has 4 nitrogen and oxygen atoms in total. The Morgan fingerprint density at radius 3 is 1.92 bits per heavy atom. The first-order valence-electron chi connectivity index (χ1n) is 6.39. The predicted molar refractivity (Wildman–Crippen MR) is 69.5 cm³/mol. The van der Waals surface area contributed by atoms with Crippen LogP contribution in [0.1, 0.15) is 11.1 Å². The van der Waals surface area contributed by atoms with Crippen molar-refractivity contribution in [1.29, 1.82) is 0 Å². The summed E-state index contributed by atoms with van der Waals surface area (Å²) in [6.07, 6.45) is -3.50. The third-order valence-electron chi connectivity index (χ3n) is 3.10. The number of hydrogen-bond donors (Lipinski definition) is 1. The van der Waals surface area contributed by atoms with Gasteiger partial charge in [0.25, 0.3) is 0 Å². The normalized spacial score (nSPS) is 12.5. The molecule has 0 unspecified atom stereocenters. The molecule has 1 heterocycles. The Kier molecular flexibility index (Phi) is 5.24. The van der Waals surface area contributed by atoms with Gasteiger partial charge in [0.1, 0.15) is 0 Å². The van der Waals surface area contributed by atoms with Crippen LogP contribution in [0.25, 0.3) is 0 Å². The fourth-order valence-corrected chi connectivity index (χ4v) is 3.05. The number of pyridine rings is 1. The van der Waals surface area contributed by atoms with Crippen LogP contribution in [0, 0.1) is 29.1 Å². The highest BCUT2D eigenvalue weighted by Crippen LogP contribution is 2.32. The van der Waals surface area contributed by atoms with E-state index in [0.717, 1.165) is 6.20 Å². The largest absolute Gasteiger partial charge is 0.416 e. The second kappa shape index (κ2) is 6.79. The average Bonchev–Trinajstić information content (AvgIpc) is 2.56. The zero-order chi connectivity index (χ0) is 19.9. The molecule has 1 N–H and O–H groups in total. The van der Waals surface area contributed by atoms with E-state index in [4.69, 9.17) is 0 Å². The van der Waals surface area contributed by atoms with Gasteiger partial charge in [0.05, 0.1) is 5.56 Å². The van der Waals surface area contributed by atoms with Crippen LogP contribution < -0.4 is 4.72 Å². The van der Waals surface area contributed by atoms with E-state index in [1.807, 2.05) is 0 Å². The quantitative estimate of drug-likeness (QED) is 0.482. The van der Waals surface area contributed by atoms with Crippen LogP contribution in [-0.2, 0) is 22.7 Å². The number of nitrogens with one attached hydrogen (secondary N) is 1. The van der Waals surface area contributed by atoms with E-state index < -0.39 is 67.9 Å². The summed E-state index contributed by atoms with van der Waals surface area (Å²) in [5.74, 6) is -12.9. The number of rotatable bonds is 4. The molecule has 0 atom stereocenters. The van der Waals surface area contributed by atoms with E-state index in [2.05, 4.69) is 4.98 Å². The van der Waals surface area contributed by atoms with E-state index in [0.29, 0.717) is 12.3 Å². The van der Waals surface area contributed by atoms with Crippen LogP contribution in [0.15, 0.2) is 23.4 Å². The standard InChI is InChI=1S/C13H6F8N2O2S/c14-7-8(15)10(17)12(11(18)9(7)16)26(24,25)23-4-5-3-22-2-1-6(5)13(19,20)21/h1-3,23H,4H2. The molecule has 1 aromatic carbocycles. The fraction of sp³-hybridized carbons (Fsp3) is 0.154. The molecule has 0 bridgehead atoms. The lowest BCUT2D eigenvalue weighted by Gasteiger charge is -2.14.